The highest BCUT2D eigenvalue weighted by Gasteiger charge is 2.25. The molecule has 3 aromatic rings. The largest absolute Gasteiger partial charge is 0.355 e. The van der Waals surface area contributed by atoms with E-state index in [-0.39, 0.29) is 9.92 Å². The third kappa shape index (κ3) is 5.55. The van der Waals surface area contributed by atoms with Gasteiger partial charge in [-0.2, -0.15) is 4.98 Å². The van der Waals surface area contributed by atoms with E-state index in [2.05, 4.69) is 44.5 Å². The zero-order valence-electron chi connectivity index (χ0n) is 21.2. The molecule has 0 saturated carbocycles. The summed E-state index contributed by atoms with van der Waals surface area (Å²) in [5, 5.41) is 5.99. The number of rotatable bonds is 8. The summed E-state index contributed by atoms with van der Waals surface area (Å²) in [5.41, 5.74) is 2.00. The third-order valence-electron chi connectivity index (χ3n) is 6.35. The number of para-hydroxylation sites is 1. The van der Waals surface area contributed by atoms with Crippen LogP contribution in [0.15, 0.2) is 47.5 Å². The number of hydrogen-bond donors (Lipinski definition) is 2. The van der Waals surface area contributed by atoms with Crippen LogP contribution in [0, 0.1) is 6.92 Å². The fraction of sp³-hybridized carbons (Fsp3) is 0.400. The molecule has 1 aromatic carbocycles. The van der Waals surface area contributed by atoms with E-state index in [9.17, 15) is 8.42 Å². The third-order valence-corrected chi connectivity index (χ3v) is 8.83. The number of pyridine rings is 1. The minimum absolute atomic E-state index is 0.193. The number of hydrogen-bond acceptors (Lipinski definition) is 9. The normalized spacial score (nSPS) is 16.1. The van der Waals surface area contributed by atoms with Gasteiger partial charge in [-0.15, -0.1) is 0 Å². The highest BCUT2D eigenvalue weighted by Crippen LogP contribution is 2.31. The molecule has 0 aliphatic carbocycles. The smallest absolute Gasteiger partial charge is 0.229 e. The number of sulfone groups is 1. The van der Waals surface area contributed by atoms with Crippen LogP contribution in [0.5, 0.6) is 0 Å². The first-order chi connectivity index (χ1) is 17.1. The Bertz CT molecular complexity index is 1350. The molecular weight excluding hydrogens is 498 g/mol. The van der Waals surface area contributed by atoms with Gasteiger partial charge >= 0.3 is 0 Å². The van der Waals surface area contributed by atoms with Gasteiger partial charge in [-0.3, -0.25) is 0 Å². The summed E-state index contributed by atoms with van der Waals surface area (Å²) >= 11 is 6.35. The van der Waals surface area contributed by atoms with Crippen LogP contribution >= 0.6 is 11.6 Å². The van der Waals surface area contributed by atoms with Crippen LogP contribution in [0.4, 0.5) is 29.0 Å². The number of nitrogens with one attached hydrogen (secondary N) is 2. The molecule has 0 unspecified atom stereocenters. The van der Waals surface area contributed by atoms with Gasteiger partial charge in [0.05, 0.1) is 33.4 Å². The Morgan fingerprint density at radius 3 is 2.50 bits per heavy atom. The summed E-state index contributed by atoms with van der Waals surface area (Å²) in [6.07, 6.45) is 2.59. The molecule has 2 aromatic heterocycles. The summed E-state index contributed by atoms with van der Waals surface area (Å²) in [4.78, 5) is 18.3. The first kappa shape index (κ1) is 26.1. The topological polar surface area (TPSA) is 103 Å². The molecule has 1 atom stereocenters. The Labute approximate surface area is 217 Å². The van der Waals surface area contributed by atoms with Crippen molar-refractivity contribution in [2.45, 2.75) is 43.4 Å². The molecule has 1 saturated heterocycles. The van der Waals surface area contributed by atoms with Gasteiger partial charge < -0.3 is 20.4 Å². The van der Waals surface area contributed by atoms with Crippen LogP contribution in [0.3, 0.4) is 0 Å². The van der Waals surface area contributed by atoms with E-state index in [0.29, 0.717) is 23.5 Å². The van der Waals surface area contributed by atoms with Crippen molar-refractivity contribution in [2.24, 2.45) is 0 Å². The summed E-state index contributed by atoms with van der Waals surface area (Å²) in [6, 6.07) is 11.2. The van der Waals surface area contributed by atoms with E-state index < -0.39 is 15.1 Å². The van der Waals surface area contributed by atoms with Gasteiger partial charge in [0, 0.05) is 19.1 Å². The fourth-order valence-electron chi connectivity index (χ4n) is 4.06. The lowest BCUT2D eigenvalue weighted by molar-refractivity contribution is 0.315. The Balaban J connectivity index is 1.54. The maximum atomic E-state index is 12.8. The molecule has 9 nitrogen and oxygen atoms in total. The molecule has 0 bridgehead atoms. The first-order valence-corrected chi connectivity index (χ1v) is 13.8. The maximum absolute atomic E-state index is 12.8. The number of anilines is 5. The molecule has 11 heteroatoms. The number of halogens is 1. The lowest BCUT2D eigenvalue weighted by atomic mass is 10.2. The standard InChI is InChI=1S/C25H32ClN7O2S/c1-16(2)36(34,35)22-9-7-6-8-21(22)29-24-19(26)14-27-25(31-24)30-20-10-11-23(28-17(20)3)33-13-12-18(15-33)32(4)5/h6-11,14,16,18H,12-13,15H2,1-5H3,(H2,27,29,30,31)/t18-/m1/s1. The van der Waals surface area contributed by atoms with Gasteiger partial charge in [0.15, 0.2) is 15.7 Å². The molecule has 3 heterocycles. The lowest BCUT2D eigenvalue weighted by Crippen LogP contribution is -2.31. The maximum Gasteiger partial charge on any atom is 0.229 e. The van der Waals surface area contributed by atoms with Gasteiger partial charge in [0.25, 0.3) is 0 Å². The van der Waals surface area contributed by atoms with Crippen molar-refractivity contribution in [3.8, 4) is 0 Å². The van der Waals surface area contributed by atoms with Crippen molar-refractivity contribution in [3.05, 3.63) is 53.3 Å². The first-order valence-electron chi connectivity index (χ1n) is 11.8. The van der Waals surface area contributed by atoms with E-state index in [1.807, 2.05) is 19.1 Å². The molecule has 0 spiro atoms. The average Bonchev–Trinajstić information content (AvgIpc) is 3.33. The van der Waals surface area contributed by atoms with Crippen molar-refractivity contribution in [3.63, 3.8) is 0 Å². The number of nitrogens with zero attached hydrogens (tertiary/aromatic N) is 5. The predicted molar refractivity (Wildman–Crippen MR) is 146 cm³/mol. The fourth-order valence-corrected chi connectivity index (χ4v) is 5.40. The van der Waals surface area contributed by atoms with Gasteiger partial charge in [0.1, 0.15) is 10.8 Å². The molecule has 192 valence electrons. The van der Waals surface area contributed by atoms with Crippen LogP contribution in [0.2, 0.25) is 5.02 Å². The number of likely N-dealkylation sites (N-methyl/N-ethyl adjacent to an activating group) is 1. The number of benzene rings is 1. The Kier molecular flexibility index (Phi) is 7.67. The molecular formula is C25H32ClN7O2S. The van der Waals surface area contributed by atoms with Crippen LogP contribution in [-0.4, -0.2) is 66.7 Å². The Hall–Kier alpha value is -2.95. The van der Waals surface area contributed by atoms with E-state index in [1.165, 1.54) is 6.20 Å². The lowest BCUT2D eigenvalue weighted by Gasteiger charge is -2.21. The molecule has 0 amide bonds. The second-order valence-electron chi connectivity index (χ2n) is 9.38. The SMILES string of the molecule is Cc1nc(N2CC[C@@H](N(C)C)C2)ccc1Nc1ncc(Cl)c(Nc2ccccc2S(=O)(=O)C(C)C)n1. The molecule has 2 N–H and O–H groups in total. The summed E-state index contributed by atoms with van der Waals surface area (Å²) < 4.78 is 25.6. The van der Waals surface area contributed by atoms with Crippen LogP contribution < -0.4 is 15.5 Å². The highest BCUT2D eigenvalue weighted by atomic mass is 35.5. The van der Waals surface area contributed by atoms with Gasteiger partial charge in [0.2, 0.25) is 5.95 Å². The predicted octanol–water partition coefficient (Wildman–Crippen LogP) is 4.64. The minimum Gasteiger partial charge on any atom is -0.355 e. The summed E-state index contributed by atoms with van der Waals surface area (Å²) in [7, 11) is 0.712. The Morgan fingerprint density at radius 2 is 1.83 bits per heavy atom. The van der Waals surface area contributed by atoms with Gasteiger partial charge in [-0.25, -0.2) is 18.4 Å². The molecule has 36 heavy (non-hydrogen) atoms. The highest BCUT2D eigenvalue weighted by molar-refractivity contribution is 7.92. The van der Waals surface area contributed by atoms with Gasteiger partial charge in [-0.1, -0.05) is 23.7 Å². The van der Waals surface area contributed by atoms with E-state index in [0.717, 1.165) is 36.7 Å². The molecule has 1 fully saturated rings. The van der Waals surface area contributed by atoms with Crippen molar-refractivity contribution >= 4 is 50.4 Å². The number of aryl methyl sites for hydroxylation is 1. The zero-order valence-corrected chi connectivity index (χ0v) is 22.7. The van der Waals surface area contributed by atoms with Crippen LogP contribution in [0.25, 0.3) is 0 Å². The quantitative estimate of drug-likeness (QED) is 0.431. The second-order valence-corrected chi connectivity index (χ2v) is 12.3. The average molecular weight is 530 g/mol. The van der Waals surface area contributed by atoms with Crippen LogP contribution in [-0.2, 0) is 9.84 Å². The molecule has 1 aliphatic rings. The van der Waals surface area contributed by atoms with Crippen molar-refractivity contribution in [1.82, 2.24) is 19.9 Å². The molecule has 0 radical (unpaired) electrons. The van der Waals surface area contributed by atoms with E-state index in [4.69, 9.17) is 16.6 Å². The van der Waals surface area contributed by atoms with Crippen molar-refractivity contribution in [2.75, 3.05) is 42.7 Å². The Morgan fingerprint density at radius 1 is 1.08 bits per heavy atom. The van der Waals surface area contributed by atoms with Crippen molar-refractivity contribution in [1.29, 1.82) is 0 Å². The minimum atomic E-state index is -3.50. The van der Waals surface area contributed by atoms with Gasteiger partial charge in [-0.05, 0) is 65.6 Å². The monoisotopic (exact) mass is 529 g/mol. The number of aromatic nitrogens is 3. The second kappa shape index (κ2) is 10.6. The summed E-state index contributed by atoms with van der Waals surface area (Å²) in [6.45, 7) is 7.17. The molecule has 4 rings (SSSR count). The molecule has 1 aliphatic heterocycles. The zero-order chi connectivity index (χ0) is 26.0. The van der Waals surface area contributed by atoms with E-state index >= 15 is 0 Å². The van der Waals surface area contributed by atoms with E-state index in [1.54, 1.807) is 38.1 Å². The summed E-state index contributed by atoms with van der Waals surface area (Å²) in [5.74, 6) is 1.57. The van der Waals surface area contributed by atoms with Crippen molar-refractivity contribution < 1.29 is 8.42 Å². The van der Waals surface area contributed by atoms with Crippen LogP contribution in [0.1, 0.15) is 26.0 Å².